The van der Waals surface area contributed by atoms with Crippen molar-refractivity contribution in [1.82, 2.24) is 0 Å². The largest absolute Gasteiger partial charge is 0.496 e. The summed E-state index contributed by atoms with van der Waals surface area (Å²) in [5.41, 5.74) is 3.15. The Morgan fingerprint density at radius 3 is 2.68 bits per heavy atom. The van der Waals surface area contributed by atoms with Crippen molar-refractivity contribution in [2.45, 2.75) is 33.4 Å². The van der Waals surface area contributed by atoms with Gasteiger partial charge in [0.15, 0.2) is 11.9 Å². The van der Waals surface area contributed by atoms with Gasteiger partial charge in [0.05, 0.1) is 19.3 Å². The molecule has 0 bridgehead atoms. The highest BCUT2D eigenvalue weighted by Gasteiger charge is 2.32. The number of amides is 1. The number of ether oxygens (including phenoxy) is 2. The van der Waals surface area contributed by atoms with E-state index < -0.39 is 6.10 Å². The van der Waals surface area contributed by atoms with E-state index in [2.05, 4.69) is 0 Å². The highest BCUT2D eigenvalue weighted by Crippen LogP contribution is 2.36. The molecule has 130 valence electrons. The Morgan fingerprint density at radius 1 is 1.24 bits per heavy atom. The SMILES string of the molecule is COc1ccc(C(C)=O)cc1CN1C(=O)C(C)Oc2ccc(C)cc21. The Kier molecular flexibility index (Phi) is 4.49. The summed E-state index contributed by atoms with van der Waals surface area (Å²) in [6.07, 6.45) is -0.558. The van der Waals surface area contributed by atoms with Gasteiger partial charge < -0.3 is 14.4 Å². The van der Waals surface area contributed by atoms with E-state index in [1.165, 1.54) is 6.92 Å². The van der Waals surface area contributed by atoms with Crippen LogP contribution in [0.1, 0.15) is 35.3 Å². The van der Waals surface area contributed by atoms with Crippen LogP contribution in [0.2, 0.25) is 0 Å². The standard InChI is InChI=1S/C20H21NO4/c1-12-5-7-19-17(9-12)21(20(23)14(3)25-19)11-16-10-15(13(2)22)6-8-18(16)24-4/h5-10,14H,11H2,1-4H3. The summed E-state index contributed by atoms with van der Waals surface area (Å²) in [7, 11) is 1.58. The normalized spacial score (nSPS) is 16.2. The van der Waals surface area contributed by atoms with Crippen LogP contribution in [0.15, 0.2) is 36.4 Å². The number of Topliss-reactive ketones (excluding diaryl/α,β-unsaturated/α-hetero) is 1. The fourth-order valence-electron chi connectivity index (χ4n) is 2.97. The Balaban J connectivity index is 2.05. The van der Waals surface area contributed by atoms with Gasteiger partial charge in [-0.2, -0.15) is 0 Å². The molecule has 1 aliphatic rings. The van der Waals surface area contributed by atoms with E-state index in [0.717, 1.165) is 16.8 Å². The van der Waals surface area contributed by atoms with Crippen molar-refractivity contribution in [1.29, 1.82) is 0 Å². The van der Waals surface area contributed by atoms with Crippen LogP contribution < -0.4 is 14.4 Å². The molecule has 1 amide bonds. The highest BCUT2D eigenvalue weighted by atomic mass is 16.5. The van der Waals surface area contributed by atoms with Crippen LogP contribution in [0.25, 0.3) is 0 Å². The molecule has 1 unspecified atom stereocenters. The number of nitrogens with zero attached hydrogens (tertiary/aromatic N) is 1. The molecule has 0 N–H and O–H groups in total. The van der Waals surface area contributed by atoms with Crippen LogP contribution in [0, 0.1) is 6.92 Å². The van der Waals surface area contributed by atoms with E-state index in [1.54, 1.807) is 37.1 Å². The summed E-state index contributed by atoms with van der Waals surface area (Å²) < 4.78 is 11.1. The molecule has 1 atom stereocenters. The average Bonchev–Trinajstić information content (AvgIpc) is 2.59. The van der Waals surface area contributed by atoms with Gasteiger partial charge in [0, 0.05) is 11.1 Å². The molecule has 0 saturated heterocycles. The lowest BCUT2D eigenvalue weighted by Crippen LogP contribution is -2.44. The van der Waals surface area contributed by atoms with Crippen LogP contribution in [-0.2, 0) is 11.3 Å². The van der Waals surface area contributed by atoms with Crippen molar-refractivity contribution < 1.29 is 19.1 Å². The van der Waals surface area contributed by atoms with Gasteiger partial charge in [-0.1, -0.05) is 6.07 Å². The summed E-state index contributed by atoms with van der Waals surface area (Å²) in [6.45, 7) is 5.54. The number of methoxy groups -OCH3 is 1. The number of hydrogen-bond donors (Lipinski definition) is 0. The first kappa shape index (κ1) is 17.0. The van der Waals surface area contributed by atoms with Crippen LogP contribution in [0.3, 0.4) is 0 Å². The van der Waals surface area contributed by atoms with E-state index >= 15 is 0 Å². The second kappa shape index (κ2) is 6.59. The maximum atomic E-state index is 12.7. The molecule has 2 aromatic carbocycles. The third-order valence-electron chi connectivity index (χ3n) is 4.34. The number of anilines is 1. The van der Waals surface area contributed by atoms with Gasteiger partial charge in [-0.15, -0.1) is 0 Å². The molecule has 2 aromatic rings. The van der Waals surface area contributed by atoms with Gasteiger partial charge >= 0.3 is 0 Å². The topological polar surface area (TPSA) is 55.8 Å². The van der Waals surface area contributed by atoms with Gasteiger partial charge in [0.1, 0.15) is 11.5 Å². The lowest BCUT2D eigenvalue weighted by molar-refractivity contribution is -0.125. The number of aryl methyl sites for hydroxylation is 1. The monoisotopic (exact) mass is 339 g/mol. The first-order valence-corrected chi connectivity index (χ1v) is 8.17. The maximum Gasteiger partial charge on any atom is 0.268 e. The van der Waals surface area contributed by atoms with E-state index in [0.29, 0.717) is 23.6 Å². The van der Waals surface area contributed by atoms with Crippen molar-refractivity contribution in [3.8, 4) is 11.5 Å². The Morgan fingerprint density at radius 2 is 2.00 bits per heavy atom. The molecule has 0 aromatic heterocycles. The highest BCUT2D eigenvalue weighted by molar-refractivity contribution is 6.00. The molecule has 5 heteroatoms. The number of rotatable bonds is 4. The minimum absolute atomic E-state index is 0.0261. The van der Waals surface area contributed by atoms with E-state index in [1.807, 2.05) is 25.1 Å². The van der Waals surface area contributed by atoms with Gasteiger partial charge in [-0.3, -0.25) is 9.59 Å². The molecule has 0 saturated carbocycles. The van der Waals surface area contributed by atoms with Crippen molar-refractivity contribution in [3.63, 3.8) is 0 Å². The zero-order chi connectivity index (χ0) is 18.1. The minimum atomic E-state index is -0.558. The van der Waals surface area contributed by atoms with Crippen LogP contribution in [0.4, 0.5) is 5.69 Å². The quantitative estimate of drug-likeness (QED) is 0.800. The number of hydrogen-bond acceptors (Lipinski definition) is 4. The lowest BCUT2D eigenvalue weighted by Gasteiger charge is -2.33. The molecular weight excluding hydrogens is 318 g/mol. The summed E-state index contributed by atoms with van der Waals surface area (Å²) in [5.74, 6) is 1.18. The van der Waals surface area contributed by atoms with Crippen molar-refractivity contribution in [3.05, 3.63) is 53.1 Å². The first-order valence-electron chi connectivity index (χ1n) is 8.17. The van der Waals surface area contributed by atoms with E-state index in [4.69, 9.17) is 9.47 Å². The summed E-state index contributed by atoms with van der Waals surface area (Å²) >= 11 is 0. The fraction of sp³-hybridized carbons (Fsp3) is 0.300. The molecule has 0 fully saturated rings. The van der Waals surface area contributed by atoms with Gasteiger partial charge in [-0.25, -0.2) is 0 Å². The number of carbonyl (C=O) groups excluding carboxylic acids is 2. The van der Waals surface area contributed by atoms with Crippen LogP contribution in [-0.4, -0.2) is 24.9 Å². The number of carbonyl (C=O) groups is 2. The zero-order valence-electron chi connectivity index (χ0n) is 14.8. The molecule has 0 radical (unpaired) electrons. The van der Waals surface area contributed by atoms with Crippen LogP contribution in [0.5, 0.6) is 11.5 Å². The Bertz CT molecular complexity index is 844. The molecule has 25 heavy (non-hydrogen) atoms. The fourth-order valence-corrected chi connectivity index (χ4v) is 2.97. The summed E-state index contributed by atoms with van der Waals surface area (Å²) in [6, 6.07) is 11.0. The second-order valence-corrected chi connectivity index (χ2v) is 6.24. The lowest BCUT2D eigenvalue weighted by atomic mass is 10.0. The molecule has 3 rings (SSSR count). The van der Waals surface area contributed by atoms with Crippen molar-refractivity contribution in [2.24, 2.45) is 0 Å². The molecule has 0 aliphatic carbocycles. The van der Waals surface area contributed by atoms with Crippen molar-refractivity contribution in [2.75, 3.05) is 12.0 Å². The predicted octanol–water partition coefficient (Wildman–Crippen LogP) is 3.52. The third-order valence-corrected chi connectivity index (χ3v) is 4.34. The van der Waals surface area contributed by atoms with Crippen molar-refractivity contribution >= 4 is 17.4 Å². The molecule has 1 aliphatic heterocycles. The van der Waals surface area contributed by atoms with Gasteiger partial charge in [0.2, 0.25) is 0 Å². The van der Waals surface area contributed by atoms with Crippen LogP contribution >= 0.6 is 0 Å². The smallest absolute Gasteiger partial charge is 0.268 e. The molecule has 5 nitrogen and oxygen atoms in total. The summed E-state index contributed by atoms with van der Waals surface area (Å²) in [4.78, 5) is 26.1. The average molecular weight is 339 g/mol. The minimum Gasteiger partial charge on any atom is -0.496 e. The Hall–Kier alpha value is -2.82. The van der Waals surface area contributed by atoms with Gasteiger partial charge in [0.25, 0.3) is 5.91 Å². The number of fused-ring (bicyclic) bond motifs is 1. The molecule has 1 heterocycles. The first-order chi connectivity index (χ1) is 11.9. The van der Waals surface area contributed by atoms with E-state index in [9.17, 15) is 9.59 Å². The second-order valence-electron chi connectivity index (χ2n) is 6.24. The molecular formula is C20H21NO4. The number of ketones is 1. The maximum absolute atomic E-state index is 12.7. The number of benzene rings is 2. The van der Waals surface area contributed by atoms with Gasteiger partial charge in [-0.05, 0) is 56.7 Å². The van der Waals surface area contributed by atoms with E-state index in [-0.39, 0.29) is 11.7 Å². The zero-order valence-corrected chi connectivity index (χ0v) is 14.8. The predicted molar refractivity (Wildman–Crippen MR) is 95.5 cm³/mol. The summed E-state index contributed by atoms with van der Waals surface area (Å²) in [5, 5.41) is 0. The third kappa shape index (κ3) is 3.22. The molecule has 0 spiro atoms. The Labute approximate surface area is 147 Å².